The lowest BCUT2D eigenvalue weighted by molar-refractivity contribution is -0.147. The number of nitrogens with one attached hydrogen (secondary N) is 2. The molecule has 0 atom stereocenters. The molecule has 238 valence electrons. The van der Waals surface area contributed by atoms with Gasteiger partial charge in [0.1, 0.15) is 13.2 Å². The van der Waals surface area contributed by atoms with Gasteiger partial charge in [-0.2, -0.15) is 0 Å². The quantitative estimate of drug-likeness (QED) is 0.131. The van der Waals surface area contributed by atoms with E-state index in [1.54, 1.807) is 17.2 Å². The second kappa shape index (κ2) is 21.8. The zero-order valence-electron chi connectivity index (χ0n) is 26.3. The fraction of sp³-hybridized carbons (Fsp3) is 0.758. The Balaban J connectivity index is 1.47. The summed E-state index contributed by atoms with van der Waals surface area (Å²) in [5, 5.41) is 5.49. The van der Waals surface area contributed by atoms with Gasteiger partial charge in [-0.3, -0.25) is 9.78 Å². The van der Waals surface area contributed by atoms with Crippen LogP contribution in [0.1, 0.15) is 122 Å². The summed E-state index contributed by atoms with van der Waals surface area (Å²) in [6, 6.07) is 5.46. The average Bonchev–Trinajstić information content (AvgIpc) is 2.97. The number of alkyl carbamates (subject to hydrolysis) is 2. The van der Waals surface area contributed by atoms with Crippen LogP contribution in [0.25, 0.3) is 0 Å². The van der Waals surface area contributed by atoms with Crippen LogP contribution in [0.3, 0.4) is 0 Å². The monoisotopic (exact) mass is 588 g/mol. The molecule has 42 heavy (non-hydrogen) atoms. The van der Waals surface area contributed by atoms with Crippen LogP contribution in [0.2, 0.25) is 0 Å². The third-order valence-corrected chi connectivity index (χ3v) is 7.96. The number of aromatic nitrogens is 1. The number of carbonyl (C=O) groups is 3. The molecular formula is C33H56N4O5. The maximum atomic E-state index is 12.3. The van der Waals surface area contributed by atoms with Crippen molar-refractivity contribution in [2.24, 2.45) is 5.41 Å². The Kier molecular flexibility index (Phi) is 18.4. The number of ether oxygens (including phenoxy) is 2. The third kappa shape index (κ3) is 16.0. The zero-order valence-corrected chi connectivity index (χ0v) is 26.3. The van der Waals surface area contributed by atoms with Crippen molar-refractivity contribution in [1.29, 1.82) is 0 Å². The molecule has 0 aliphatic carbocycles. The standard InChI is InChI=1S/C33H56N4O5/c1-3-4-5-6-7-8-9-10-11-12-13-14-15-16-17-19-23-35-31(39)41-27-33(25-37(26-33)29(2)38)28-42-32(40)36-24-30-21-18-20-22-34-30/h18,20-22H,3-17,19,23-28H2,1-2H3,(H,35,39)(H,36,40). The first-order valence-electron chi connectivity index (χ1n) is 16.4. The minimum Gasteiger partial charge on any atom is -0.449 e. The lowest BCUT2D eigenvalue weighted by atomic mass is 9.81. The van der Waals surface area contributed by atoms with Gasteiger partial charge in [-0.25, -0.2) is 9.59 Å². The molecule has 1 aromatic rings. The third-order valence-electron chi connectivity index (χ3n) is 7.96. The van der Waals surface area contributed by atoms with Crippen molar-refractivity contribution < 1.29 is 23.9 Å². The highest BCUT2D eigenvalue weighted by Crippen LogP contribution is 2.31. The zero-order chi connectivity index (χ0) is 30.3. The smallest absolute Gasteiger partial charge is 0.407 e. The van der Waals surface area contributed by atoms with Gasteiger partial charge in [0.2, 0.25) is 5.91 Å². The highest BCUT2D eigenvalue weighted by atomic mass is 16.6. The lowest BCUT2D eigenvalue weighted by Crippen LogP contribution is -2.62. The topological polar surface area (TPSA) is 110 Å². The largest absolute Gasteiger partial charge is 0.449 e. The summed E-state index contributed by atoms with van der Waals surface area (Å²) < 4.78 is 10.9. The summed E-state index contributed by atoms with van der Waals surface area (Å²) in [7, 11) is 0. The summed E-state index contributed by atoms with van der Waals surface area (Å²) in [6.07, 6.45) is 21.6. The molecule has 1 aliphatic rings. The second-order valence-electron chi connectivity index (χ2n) is 11.9. The van der Waals surface area contributed by atoms with Gasteiger partial charge in [-0.1, -0.05) is 109 Å². The number of nitrogens with zero attached hydrogens (tertiary/aromatic N) is 2. The van der Waals surface area contributed by atoms with Gasteiger partial charge >= 0.3 is 12.2 Å². The van der Waals surface area contributed by atoms with E-state index in [0.29, 0.717) is 19.6 Å². The fourth-order valence-corrected chi connectivity index (χ4v) is 5.28. The van der Waals surface area contributed by atoms with Crippen molar-refractivity contribution in [3.05, 3.63) is 30.1 Å². The molecule has 1 aromatic heterocycles. The number of rotatable bonds is 23. The molecule has 2 N–H and O–H groups in total. The van der Waals surface area contributed by atoms with E-state index >= 15 is 0 Å². The van der Waals surface area contributed by atoms with E-state index < -0.39 is 17.6 Å². The van der Waals surface area contributed by atoms with E-state index in [-0.39, 0.29) is 25.7 Å². The van der Waals surface area contributed by atoms with Crippen molar-refractivity contribution in [2.75, 3.05) is 32.8 Å². The van der Waals surface area contributed by atoms with Crippen LogP contribution < -0.4 is 10.6 Å². The Morgan fingerprint density at radius 2 is 1.26 bits per heavy atom. The number of hydrogen-bond acceptors (Lipinski definition) is 6. The molecular weight excluding hydrogens is 532 g/mol. The van der Waals surface area contributed by atoms with E-state index in [1.165, 1.54) is 96.8 Å². The van der Waals surface area contributed by atoms with Crippen molar-refractivity contribution in [1.82, 2.24) is 20.5 Å². The molecule has 0 unspecified atom stereocenters. The van der Waals surface area contributed by atoms with Gasteiger partial charge in [-0.15, -0.1) is 0 Å². The first-order valence-corrected chi connectivity index (χ1v) is 16.4. The van der Waals surface area contributed by atoms with E-state index in [1.807, 2.05) is 12.1 Å². The molecule has 9 heteroatoms. The minimum absolute atomic E-state index is 0.0528. The van der Waals surface area contributed by atoms with Gasteiger partial charge in [-0.05, 0) is 18.6 Å². The molecule has 2 heterocycles. The van der Waals surface area contributed by atoms with E-state index in [2.05, 4.69) is 22.5 Å². The first-order chi connectivity index (χ1) is 20.4. The number of likely N-dealkylation sites (tertiary alicyclic amines) is 1. The van der Waals surface area contributed by atoms with Crippen molar-refractivity contribution >= 4 is 18.1 Å². The number of pyridine rings is 1. The first kappa shape index (κ1) is 35.4. The van der Waals surface area contributed by atoms with Crippen LogP contribution in [0, 0.1) is 5.41 Å². The van der Waals surface area contributed by atoms with Crippen LogP contribution in [-0.4, -0.2) is 60.8 Å². The number of unbranched alkanes of at least 4 members (excludes halogenated alkanes) is 15. The summed E-state index contributed by atoms with van der Waals surface area (Å²) in [5.41, 5.74) is 0.125. The number of carbonyl (C=O) groups excluding carboxylic acids is 3. The molecule has 1 aliphatic heterocycles. The predicted molar refractivity (Wildman–Crippen MR) is 166 cm³/mol. The van der Waals surface area contributed by atoms with E-state index in [4.69, 9.17) is 9.47 Å². The second-order valence-corrected chi connectivity index (χ2v) is 11.9. The molecule has 0 aromatic carbocycles. The van der Waals surface area contributed by atoms with Crippen LogP contribution >= 0.6 is 0 Å². The molecule has 1 saturated heterocycles. The average molecular weight is 589 g/mol. The van der Waals surface area contributed by atoms with Gasteiger partial charge < -0.3 is 25.0 Å². The summed E-state index contributed by atoms with van der Waals surface area (Å²) in [5.74, 6) is -0.0572. The Bertz CT molecular complexity index is 876. The Hall–Kier alpha value is -2.84. The molecule has 3 amide bonds. The molecule has 0 spiro atoms. The maximum absolute atomic E-state index is 12.3. The van der Waals surface area contributed by atoms with Gasteiger partial charge in [0, 0.05) is 32.8 Å². The van der Waals surface area contributed by atoms with Crippen LogP contribution in [-0.2, 0) is 20.8 Å². The highest BCUT2D eigenvalue weighted by Gasteiger charge is 2.46. The molecule has 0 bridgehead atoms. The normalized spacial score (nSPS) is 13.7. The Morgan fingerprint density at radius 3 is 1.74 bits per heavy atom. The maximum Gasteiger partial charge on any atom is 0.407 e. The summed E-state index contributed by atoms with van der Waals surface area (Å²) in [6.45, 7) is 5.49. The highest BCUT2D eigenvalue weighted by molar-refractivity contribution is 5.74. The SMILES string of the molecule is CCCCCCCCCCCCCCCCCCNC(=O)OCC1(COC(=O)NCc2ccccn2)CN(C(C)=O)C1. The lowest BCUT2D eigenvalue weighted by Gasteiger charge is -2.48. The fourth-order valence-electron chi connectivity index (χ4n) is 5.28. The summed E-state index contributed by atoms with van der Waals surface area (Å²) in [4.78, 5) is 42.0. The van der Waals surface area contributed by atoms with Crippen molar-refractivity contribution in [3.8, 4) is 0 Å². The van der Waals surface area contributed by atoms with E-state index in [9.17, 15) is 14.4 Å². The van der Waals surface area contributed by atoms with Gasteiger partial charge in [0.05, 0.1) is 17.7 Å². The summed E-state index contributed by atoms with van der Waals surface area (Å²) >= 11 is 0. The molecule has 0 radical (unpaired) electrons. The van der Waals surface area contributed by atoms with Crippen molar-refractivity contribution in [2.45, 2.75) is 123 Å². The van der Waals surface area contributed by atoms with Crippen LogP contribution in [0.4, 0.5) is 9.59 Å². The molecule has 9 nitrogen and oxygen atoms in total. The van der Waals surface area contributed by atoms with E-state index in [0.717, 1.165) is 18.5 Å². The molecule has 0 saturated carbocycles. The van der Waals surface area contributed by atoms with Crippen molar-refractivity contribution in [3.63, 3.8) is 0 Å². The Labute approximate surface area is 253 Å². The number of amides is 3. The van der Waals surface area contributed by atoms with Gasteiger partial charge in [0.15, 0.2) is 0 Å². The van der Waals surface area contributed by atoms with Gasteiger partial charge in [0.25, 0.3) is 0 Å². The minimum atomic E-state index is -0.598. The number of hydrogen-bond donors (Lipinski definition) is 2. The Morgan fingerprint density at radius 1 is 0.762 bits per heavy atom. The molecule has 2 rings (SSSR count). The van der Waals surface area contributed by atoms with Crippen LogP contribution in [0.15, 0.2) is 24.4 Å². The predicted octanol–water partition coefficient (Wildman–Crippen LogP) is 7.14. The molecule has 1 fully saturated rings. The van der Waals surface area contributed by atoms with Crippen LogP contribution in [0.5, 0.6) is 0 Å².